The Hall–Kier alpha value is -4.38. The smallest absolute Gasteiger partial charge is 0.343 e. The second kappa shape index (κ2) is 10.2. The molecule has 194 valence electrons. The van der Waals surface area contributed by atoms with Crippen LogP contribution in [0.4, 0.5) is 5.69 Å². The lowest BCUT2D eigenvalue weighted by molar-refractivity contribution is -0.0249. The number of benzene rings is 2. The van der Waals surface area contributed by atoms with E-state index in [1.165, 1.54) is 4.52 Å². The summed E-state index contributed by atoms with van der Waals surface area (Å²) in [6, 6.07) is 16.2. The highest BCUT2D eigenvalue weighted by Gasteiger charge is 2.37. The number of nitrogens with zero attached hydrogens (tertiary/aromatic N) is 3. The quantitative estimate of drug-likeness (QED) is 0.240. The van der Waals surface area contributed by atoms with E-state index in [9.17, 15) is 9.59 Å². The molecule has 1 fully saturated rings. The third-order valence-electron chi connectivity index (χ3n) is 7.27. The number of rotatable bonds is 5. The first-order valence-corrected chi connectivity index (χ1v) is 12.8. The fourth-order valence-corrected chi connectivity index (χ4v) is 5.53. The maximum absolute atomic E-state index is 13.7. The van der Waals surface area contributed by atoms with Crippen LogP contribution in [0, 0.1) is 31.2 Å². The highest BCUT2D eigenvalue weighted by Crippen LogP contribution is 2.41. The number of H-pyrrole nitrogens is 1. The minimum absolute atomic E-state index is 0.0107. The Kier molecular flexibility index (Phi) is 6.77. The number of hydrogen-bond donors (Lipinski definition) is 1. The van der Waals surface area contributed by atoms with E-state index < -0.39 is 11.9 Å². The average molecular weight is 511 g/mol. The van der Waals surface area contributed by atoms with Crippen molar-refractivity contribution >= 4 is 23.3 Å². The zero-order valence-electron chi connectivity index (χ0n) is 21.9. The summed E-state index contributed by atoms with van der Waals surface area (Å²) >= 11 is 0. The second-order valence-corrected chi connectivity index (χ2v) is 10.4. The Morgan fingerprint density at radius 2 is 1.66 bits per heavy atom. The lowest BCUT2D eigenvalue weighted by Crippen LogP contribution is -2.37. The molecule has 2 unspecified atom stereocenters. The van der Waals surface area contributed by atoms with Crippen molar-refractivity contribution in [3.63, 3.8) is 0 Å². The number of nitrogens with one attached hydrogen (secondary N) is 1. The first kappa shape index (κ1) is 25.3. The monoisotopic (exact) mass is 510 g/mol. The molecule has 0 bridgehead atoms. The molecule has 0 radical (unpaired) electrons. The molecule has 2 atom stereocenters. The maximum atomic E-state index is 13.7. The summed E-state index contributed by atoms with van der Waals surface area (Å²) in [4.78, 5) is 34.9. The normalized spacial score (nSPS) is 21.1. The van der Waals surface area contributed by atoms with Gasteiger partial charge in [0.05, 0.1) is 12.1 Å². The molecule has 38 heavy (non-hydrogen) atoms. The number of aromatic amines is 1. The van der Waals surface area contributed by atoms with Crippen molar-refractivity contribution in [2.24, 2.45) is 17.8 Å². The second-order valence-electron chi connectivity index (χ2n) is 10.4. The fourth-order valence-electron chi connectivity index (χ4n) is 5.53. The maximum Gasteiger partial charge on any atom is 0.343 e. The van der Waals surface area contributed by atoms with Gasteiger partial charge in [-0.15, -0.1) is 0 Å². The van der Waals surface area contributed by atoms with Crippen molar-refractivity contribution in [1.29, 1.82) is 0 Å². The lowest BCUT2D eigenvalue weighted by Gasteiger charge is -2.37. The number of aromatic nitrogens is 3. The van der Waals surface area contributed by atoms with E-state index in [-0.39, 0.29) is 40.7 Å². The number of aryl methyl sites for hydroxylation is 1. The van der Waals surface area contributed by atoms with E-state index in [0.717, 1.165) is 24.0 Å². The molecule has 1 N–H and O–H groups in total. The van der Waals surface area contributed by atoms with Crippen molar-refractivity contribution in [2.45, 2.75) is 46.6 Å². The molecule has 2 aromatic carbocycles. The molecule has 2 aromatic heterocycles. The van der Waals surface area contributed by atoms with Crippen LogP contribution in [0.3, 0.4) is 0 Å². The van der Waals surface area contributed by atoms with Crippen molar-refractivity contribution in [1.82, 2.24) is 14.6 Å². The Morgan fingerprint density at radius 3 is 2.29 bits per heavy atom. The summed E-state index contributed by atoms with van der Waals surface area (Å²) in [6.07, 6.45) is 1.64. The van der Waals surface area contributed by atoms with Crippen LogP contribution in [0.25, 0.3) is 21.9 Å². The Balaban J connectivity index is 1.60. The molecule has 1 aliphatic carbocycles. The van der Waals surface area contributed by atoms with Gasteiger partial charge in [0.25, 0.3) is 5.69 Å². The minimum atomic E-state index is -0.648. The van der Waals surface area contributed by atoms with E-state index in [0.29, 0.717) is 17.3 Å². The van der Waals surface area contributed by atoms with Crippen LogP contribution in [0.2, 0.25) is 0 Å². The summed E-state index contributed by atoms with van der Waals surface area (Å²) in [7, 11) is 0. The molecule has 2 heterocycles. The molecule has 1 saturated carbocycles. The van der Waals surface area contributed by atoms with Gasteiger partial charge in [-0.1, -0.05) is 68.8 Å². The SMILES string of the molecule is [C-]#[N+]c1c(C(=O)OC2C(C)CC(C)CC2C)c2nc(-c3ccc(C)cc3)[nH]n2c1OC(=O)c1ccccc1. The van der Waals surface area contributed by atoms with Crippen LogP contribution in [0.15, 0.2) is 54.6 Å². The van der Waals surface area contributed by atoms with Gasteiger partial charge in [-0.2, -0.15) is 0 Å². The van der Waals surface area contributed by atoms with E-state index >= 15 is 0 Å². The average Bonchev–Trinajstić information content (AvgIpc) is 3.44. The molecule has 4 aromatic rings. The predicted octanol–water partition coefficient (Wildman–Crippen LogP) is 6.64. The summed E-state index contributed by atoms with van der Waals surface area (Å²) in [5, 5.41) is 3.11. The molecular weight excluding hydrogens is 480 g/mol. The lowest BCUT2D eigenvalue weighted by atomic mass is 9.75. The molecule has 8 heteroatoms. The molecule has 1 aliphatic rings. The van der Waals surface area contributed by atoms with Crippen LogP contribution < -0.4 is 4.74 Å². The van der Waals surface area contributed by atoms with Crippen LogP contribution in [-0.2, 0) is 4.74 Å². The topological polar surface area (TPSA) is 90.1 Å². The number of hydrogen-bond acceptors (Lipinski definition) is 5. The number of esters is 2. The summed E-state index contributed by atoms with van der Waals surface area (Å²) in [5.74, 6) is 0.00786. The van der Waals surface area contributed by atoms with Crippen LogP contribution in [0.5, 0.6) is 5.88 Å². The molecule has 0 amide bonds. The Bertz CT molecular complexity index is 1520. The van der Waals surface area contributed by atoms with Gasteiger partial charge >= 0.3 is 11.9 Å². The standard InChI is InChI=1S/C30H30N4O4/c1-17-11-13-21(14-12-17)26-32-27-23(30(36)37-25-19(3)15-18(2)16-20(25)4)24(31-5)28(34(27)33-26)38-29(35)22-9-7-6-8-10-22/h6-14,18-20,25H,15-16H2,1-4H3,(H,32,33). The Labute approximate surface area is 221 Å². The van der Waals surface area contributed by atoms with E-state index in [2.05, 4.69) is 35.7 Å². The highest BCUT2D eigenvalue weighted by molar-refractivity contribution is 6.05. The van der Waals surface area contributed by atoms with Crippen LogP contribution >= 0.6 is 0 Å². The van der Waals surface area contributed by atoms with E-state index in [4.69, 9.17) is 16.0 Å². The predicted molar refractivity (Wildman–Crippen MR) is 143 cm³/mol. The summed E-state index contributed by atoms with van der Waals surface area (Å²) in [6.45, 7) is 16.3. The van der Waals surface area contributed by atoms with Gasteiger partial charge in [0.15, 0.2) is 11.5 Å². The first-order valence-electron chi connectivity index (χ1n) is 12.8. The molecule has 0 aliphatic heterocycles. The van der Waals surface area contributed by atoms with Crippen molar-refractivity contribution in [3.05, 3.63) is 82.7 Å². The zero-order valence-corrected chi connectivity index (χ0v) is 21.9. The van der Waals surface area contributed by atoms with Crippen molar-refractivity contribution < 1.29 is 19.1 Å². The number of fused-ring (bicyclic) bond motifs is 1. The van der Waals surface area contributed by atoms with Gasteiger partial charge in [-0.25, -0.2) is 23.9 Å². The number of carbonyl (C=O) groups is 2. The molecule has 8 nitrogen and oxygen atoms in total. The first-order chi connectivity index (χ1) is 18.3. The molecule has 0 saturated heterocycles. The highest BCUT2D eigenvalue weighted by atomic mass is 16.6. The third-order valence-corrected chi connectivity index (χ3v) is 7.27. The van der Waals surface area contributed by atoms with Gasteiger partial charge < -0.3 is 9.47 Å². The van der Waals surface area contributed by atoms with Crippen molar-refractivity contribution in [2.75, 3.05) is 0 Å². The zero-order chi connectivity index (χ0) is 27.0. The van der Waals surface area contributed by atoms with Crippen LogP contribution in [-0.4, -0.2) is 32.6 Å². The fraction of sp³-hybridized carbons (Fsp3) is 0.333. The van der Waals surface area contributed by atoms with E-state index in [1.807, 2.05) is 31.2 Å². The molecular formula is C30H30N4O4. The van der Waals surface area contributed by atoms with Gasteiger partial charge in [-0.3, -0.25) is 5.10 Å². The molecule has 5 rings (SSSR count). The number of ether oxygens (including phenoxy) is 2. The third kappa shape index (κ3) is 4.68. The van der Waals surface area contributed by atoms with Gasteiger partial charge in [-0.05, 0) is 49.7 Å². The van der Waals surface area contributed by atoms with E-state index in [1.54, 1.807) is 30.3 Å². The van der Waals surface area contributed by atoms with Gasteiger partial charge in [0.1, 0.15) is 11.7 Å². The van der Waals surface area contributed by atoms with Crippen LogP contribution in [0.1, 0.15) is 59.9 Å². The summed E-state index contributed by atoms with van der Waals surface area (Å²) in [5.41, 5.74) is 2.25. The summed E-state index contributed by atoms with van der Waals surface area (Å²) < 4.78 is 13.1. The number of carbonyl (C=O) groups excluding carboxylic acids is 2. The largest absolute Gasteiger partial charge is 0.459 e. The van der Waals surface area contributed by atoms with Gasteiger partial charge in [0.2, 0.25) is 5.88 Å². The minimum Gasteiger partial charge on any atom is -0.459 e. The van der Waals surface area contributed by atoms with Gasteiger partial charge in [0, 0.05) is 5.56 Å². The van der Waals surface area contributed by atoms with Crippen molar-refractivity contribution in [3.8, 4) is 17.3 Å². The molecule has 0 spiro atoms. The Morgan fingerprint density at radius 1 is 1.00 bits per heavy atom.